The number of carbonyl (C=O) groups excluding carboxylic acids is 1. The summed E-state index contributed by atoms with van der Waals surface area (Å²) in [5.74, 6) is 0.101. The Morgan fingerprint density at radius 1 is 1.20 bits per heavy atom. The Morgan fingerprint density at radius 3 is 2.60 bits per heavy atom. The molecule has 0 aliphatic rings. The first-order valence-corrected chi connectivity index (χ1v) is 8.76. The summed E-state index contributed by atoms with van der Waals surface area (Å²) in [5, 5.41) is 0. The van der Waals surface area contributed by atoms with E-state index in [0.29, 0.717) is 17.9 Å². The van der Waals surface area contributed by atoms with Crippen molar-refractivity contribution in [2.45, 2.75) is 20.0 Å². The van der Waals surface area contributed by atoms with Gasteiger partial charge in [-0.05, 0) is 44.2 Å². The van der Waals surface area contributed by atoms with Gasteiger partial charge in [0.2, 0.25) is 0 Å². The maximum Gasteiger partial charge on any atom is 0.257 e. The molecule has 0 N–H and O–H groups in total. The van der Waals surface area contributed by atoms with Crippen LogP contribution in [-0.2, 0) is 0 Å². The van der Waals surface area contributed by atoms with Gasteiger partial charge in [0.1, 0.15) is 12.4 Å². The second-order valence-corrected chi connectivity index (χ2v) is 6.73. The zero-order valence-corrected chi connectivity index (χ0v) is 16.0. The molecule has 25 heavy (non-hydrogen) atoms. The Labute approximate surface area is 155 Å². The fourth-order valence-electron chi connectivity index (χ4n) is 2.19. The third kappa shape index (κ3) is 5.46. The van der Waals surface area contributed by atoms with E-state index in [1.807, 2.05) is 13.8 Å². The van der Waals surface area contributed by atoms with Crippen LogP contribution in [-0.4, -0.2) is 37.1 Å². The van der Waals surface area contributed by atoms with E-state index in [4.69, 9.17) is 9.47 Å². The van der Waals surface area contributed by atoms with Gasteiger partial charge in [0.15, 0.2) is 11.6 Å². The van der Waals surface area contributed by atoms with Crippen LogP contribution in [0.2, 0.25) is 0 Å². The predicted molar refractivity (Wildman–Crippen MR) is 98.8 cm³/mol. The molecule has 2 aromatic carbocycles. The molecule has 0 radical (unpaired) electrons. The van der Waals surface area contributed by atoms with Crippen molar-refractivity contribution in [3.05, 3.63) is 58.3 Å². The van der Waals surface area contributed by atoms with E-state index >= 15 is 0 Å². The number of amides is 1. The first-order valence-electron chi connectivity index (χ1n) is 7.97. The number of benzene rings is 2. The summed E-state index contributed by atoms with van der Waals surface area (Å²) < 4.78 is 25.5. The van der Waals surface area contributed by atoms with Gasteiger partial charge in [0.25, 0.3) is 5.91 Å². The molecule has 0 heterocycles. The molecule has 1 amide bonds. The normalized spacial score (nSPS) is 10.6. The average molecular weight is 410 g/mol. The zero-order valence-electron chi connectivity index (χ0n) is 14.5. The van der Waals surface area contributed by atoms with Crippen LogP contribution in [0.25, 0.3) is 0 Å². The van der Waals surface area contributed by atoms with Crippen LogP contribution in [0.1, 0.15) is 24.2 Å². The van der Waals surface area contributed by atoms with Gasteiger partial charge >= 0.3 is 0 Å². The van der Waals surface area contributed by atoms with Gasteiger partial charge < -0.3 is 14.4 Å². The first kappa shape index (κ1) is 19.2. The quantitative estimate of drug-likeness (QED) is 0.674. The summed E-state index contributed by atoms with van der Waals surface area (Å²) >= 11 is 3.39. The van der Waals surface area contributed by atoms with Crippen LogP contribution in [0, 0.1) is 5.82 Å². The standard InChI is InChI=1S/C19H21BrFNO3/c1-13(2)25-18-12-14(20)8-9-15(18)19(23)22(3)10-11-24-17-7-5-4-6-16(17)21/h4-9,12-13H,10-11H2,1-3H3. The van der Waals surface area contributed by atoms with Gasteiger partial charge in [-0.3, -0.25) is 4.79 Å². The third-order valence-corrected chi connectivity index (χ3v) is 3.90. The Morgan fingerprint density at radius 2 is 1.92 bits per heavy atom. The number of carbonyl (C=O) groups is 1. The van der Waals surface area contributed by atoms with Gasteiger partial charge in [0, 0.05) is 11.5 Å². The lowest BCUT2D eigenvalue weighted by molar-refractivity contribution is 0.0766. The molecule has 0 saturated heterocycles. The molecular weight excluding hydrogens is 389 g/mol. The molecule has 0 atom stereocenters. The fraction of sp³-hybridized carbons (Fsp3) is 0.316. The molecule has 6 heteroatoms. The number of hydrogen-bond acceptors (Lipinski definition) is 3. The van der Waals surface area contributed by atoms with Crippen molar-refractivity contribution in [1.29, 1.82) is 0 Å². The lowest BCUT2D eigenvalue weighted by atomic mass is 10.1. The lowest BCUT2D eigenvalue weighted by Gasteiger charge is -2.20. The van der Waals surface area contributed by atoms with Crippen molar-refractivity contribution in [2.24, 2.45) is 0 Å². The highest BCUT2D eigenvalue weighted by molar-refractivity contribution is 9.10. The number of likely N-dealkylation sites (N-methyl/N-ethyl adjacent to an activating group) is 1. The van der Waals surface area contributed by atoms with Crippen molar-refractivity contribution in [3.8, 4) is 11.5 Å². The van der Waals surface area contributed by atoms with Crippen molar-refractivity contribution in [3.63, 3.8) is 0 Å². The van der Waals surface area contributed by atoms with Crippen LogP contribution >= 0.6 is 15.9 Å². The second-order valence-electron chi connectivity index (χ2n) is 5.81. The smallest absolute Gasteiger partial charge is 0.257 e. The molecule has 0 saturated carbocycles. The van der Waals surface area contributed by atoms with E-state index in [1.54, 1.807) is 43.4 Å². The maximum atomic E-state index is 13.5. The summed E-state index contributed by atoms with van der Waals surface area (Å²) in [5.41, 5.74) is 0.477. The van der Waals surface area contributed by atoms with Crippen molar-refractivity contribution >= 4 is 21.8 Å². The van der Waals surface area contributed by atoms with Crippen LogP contribution in [0.5, 0.6) is 11.5 Å². The minimum Gasteiger partial charge on any atom is -0.490 e. The van der Waals surface area contributed by atoms with Crippen LogP contribution < -0.4 is 9.47 Å². The van der Waals surface area contributed by atoms with Gasteiger partial charge in [-0.1, -0.05) is 28.1 Å². The predicted octanol–water partition coefficient (Wildman–Crippen LogP) is 4.53. The highest BCUT2D eigenvalue weighted by Gasteiger charge is 2.18. The number of para-hydroxylation sites is 1. The monoisotopic (exact) mass is 409 g/mol. The van der Waals surface area contributed by atoms with Crippen molar-refractivity contribution < 1.29 is 18.7 Å². The van der Waals surface area contributed by atoms with E-state index in [9.17, 15) is 9.18 Å². The Bertz CT molecular complexity index is 736. The maximum absolute atomic E-state index is 13.5. The highest BCUT2D eigenvalue weighted by Crippen LogP contribution is 2.26. The summed E-state index contributed by atoms with van der Waals surface area (Å²) in [6.45, 7) is 4.33. The average Bonchev–Trinajstić information content (AvgIpc) is 2.55. The van der Waals surface area contributed by atoms with E-state index < -0.39 is 5.82 Å². The first-order chi connectivity index (χ1) is 11.9. The van der Waals surface area contributed by atoms with Gasteiger partial charge in [-0.25, -0.2) is 4.39 Å². The second kappa shape index (κ2) is 8.85. The number of rotatable bonds is 7. The number of hydrogen-bond donors (Lipinski definition) is 0. The van der Waals surface area contributed by atoms with Crippen molar-refractivity contribution in [2.75, 3.05) is 20.2 Å². The molecule has 0 spiro atoms. The van der Waals surface area contributed by atoms with E-state index in [2.05, 4.69) is 15.9 Å². The van der Waals surface area contributed by atoms with Gasteiger partial charge in [0.05, 0.1) is 18.2 Å². The van der Waals surface area contributed by atoms with Crippen LogP contribution in [0.15, 0.2) is 46.9 Å². The van der Waals surface area contributed by atoms with E-state index in [0.717, 1.165) is 4.47 Å². The lowest BCUT2D eigenvalue weighted by Crippen LogP contribution is -2.31. The molecule has 0 fully saturated rings. The topological polar surface area (TPSA) is 38.8 Å². The minimum absolute atomic E-state index is 0.0458. The Balaban J connectivity index is 2.01. The van der Waals surface area contributed by atoms with Gasteiger partial charge in [-0.15, -0.1) is 0 Å². The number of ether oxygens (including phenoxy) is 2. The van der Waals surface area contributed by atoms with Crippen LogP contribution in [0.4, 0.5) is 4.39 Å². The molecule has 0 aromatic heterocycles. The molecule has 134 valence electrons. The molecule has 2 rings (SSSR count). The molecule has 0 aliphatic heterocycles. The molecule has 0 aliphatic carbocycles. The van der Waals surface area contributed by atoms with Crippen LogP contribution in [0.3, 0.4) is 0 Å². The fourth-order valence-corrected chi connectivity index (χ4v) is 2.53. The molecular formula is C19H21BrFNO3. The zero-order chi connectivity index (χ0) is 18.4. The highest BCUT2D eigenvalue weighted by atomic mass is 79.9. The Kier molecular flexibility index (Phi) is 6.82. The van der Waals surface area contributed by atoms with Crippen molar-refractivity contribution in [1.82, 2.24) is 4.90 Å². The molecule has 4 nitrogen and oxygen atoms in total. The minimum atomic E-state index is -0.419. The summed E-state index contributed by atoms with van der Waals surface area (Å²) in [7, 11) is 1.67. The summed E-state index contributed by atoms with van der Waals surface area (Å²) in [6, 6.07) is 11.5. The largest absolute Gasteiger partial charge is 0.490 e. The van der Waals surface area contributed by atoms with E-state index in [1.165, 1.54) is 11.0 Å². The number of nitrogens with zero attached hydrogens (tertiary/aromatic N) is 1. The SMILES string of the molecule is CC(C)Oc1cc(Br)ccc1C(=O)N(C)CCOc1ccccc1F. The number of halogens is 2. The Hall–Kier alpha value is -2.08. The molecule has 0 bridgehead atoms. The van der Waals surface area contributed by atoms with E-state index in [-0.39, 0.29) is 24.4 Å². The van der Waals surface area contributed by atoms with Gasteiger partial charge in [-0.2, -0.15) is 0 Å². The molecule has 0 unspecified atom stereocenters. The summed E-state index contributed by atoms with van der Waals surface area (Å²) in [4.78, 5) is 14.2. The molecule has 2 aromatic rings. The third-order valence-electron chi connectivity index (χ3n) is 3.40. The summed E-state index contributed by atoms with van der Waals surface area (Å²) in [6.07, 6.45) is -0.0458.